The Kier molecular flexibility index (Phi) is 4.04. The Hall–Kier alpha value is -0.970. The fourth-order valence-corrected chi connectivity index (χ4v) is 3.13. The maximum atomic E-state index is 10.3. The van der Waals surface area contributed by atoms with Crippen molar-refractivity contribution in [3.8, 4) is 11.5 Å². The summed E-state index contributed by atoms with van der Waals surface area (Å²) in [6.45, 7) is 7.59. The van der Waals surface area contributed by atoms with E-state index in [0.29, 0.717) is 37.1 Å². The van der Waals surface area contributed by atoms with Crippen molar-refractivity contribution in [3.63, 3.8) is 0 Å². The van der Waals surface area contributed by atoms with Crippen molar-refractivity contribution in [3.05, 3.63) is 22.7 Å². The van der Waals surface area contributed by atoms with Crippen LogP contribution in [0.3, 0.4) is 0 Å². The zero-order valence-corrected chi connectivity index (χ0v) is 13.3. The number of rotatable bonds is 3. The number of hydrogen-bond acceptors (Lipinski definition) is 4. The van der Waals surface area contributed by atoms with Gasteiger partial charge in [-0.3, -0.25) is 4.90 Å². The molecule has 1 fully saturated rings. The van der Waals surface area contributed by atoms with Crippen LogP contribution in [0.4, 0.5) is 0 Å². The Morgan fingerprint density at radius 2 is 2.00 bits per heavy atom. The summed E-state index contributed by atoms with van der Waals surface area (Å²) in [6, 6.07) is 3.93. The third-order valence-corrected chi connectivity index (χ3v) is 4.62. The van der Waals surface area contributed by atoms with Crippen LogP contribution in [0.25, 0.3) is 0 Å². The van der Waals surface area contributed by atoms with Gasteiger partial charge in [-0.1, -0.05) is 25.4 Å². The second-order valence-electron chi connectivity index (χ2n) is 6.36. The van der Waals surface area contributed by atoms with Crippen LogP contribution in [0.5, 0.6) is 11.5 Å². The monoisotopic (exact) mass is 311 g/mol. The van der Waals surface area contributed by atoms with E-state index in [2.05, 4.69) is 18.7 Å². The first-order valence-corrected chi connectivity index (χ1v) is 7.88. The minimum absolute atomic E-state index is 0.279. The van der Waals surface area contributed by atoms with Gasteiger partial charge >= 0.3 is 0 Å². The number of halogens is 1. The van der Waals surface area contributed by atoms with E-state index in [1.54, 1.807) is 0 Å². The number of fused-ring (bicyclic) bond motifs is 1. The Bertz CT molecular complexity index is 526. The molecule has 0 bridgehead atoms. The van der Waals surface area contributed by atoms with Gasteiger partial charge in [-0.15, -0.1) is 0 Å². The zero-order chi connectivity index (χ0) is 15.0. The molecule has 0 aromatic heterocycles. The molecule has 0 spiro atoms. The van der Waals surface area contributed by atoms with E-state index in [9.17, 15) is 5.11 Å². The molecule has 2 aliphatic rings. The molecular weight excluding hydrogens is 290 g/mol. The topological polar surface area (TPSA) is 41.9 Å². The summed E-state index contributed by atoms with van der Waals surface area (Å²) < 4.78 is 11.3. The molecule has 3 rings (SSSR count). The van der Waals surface area contributed by atoms with Crippen LogP contribution in [-0.2, 0) is 6.54 Å². The Morgan fingerprint density at radius 1 is 1.29 bits per heavy atom. The average molecular weight is 312 g/mol. The third-order valence-electron chi connectivity index (χ3n) is 4.34. The highest BCUT2D eigenvalue weighted by atomic mass is 35.5. The highest BCUT2D eigenvalue weighted by Crippen LogP contribution is 2.39. The fourth-order valence-electron chi connectivity index (χ4n) is 2.84. The molecule has 1 saturated heterocycles. The van der Waals surface area contributed by atoms with Crippen LogP contribution < -0.4 is 9.47 Å². The molecule has 2 heterocycles. The van der Waals surface area contributed by atoms with Gasteiger partial charge in [-0.2, -0.15) is 0 Å². The highest BCUT2D eigenvalue weighted by molar-refractivity contribution is 6.32. The van der Waals surface area contributed by atoms with Crippen molar-refractivity contribution in [2.75, 3.05) is 26.3 Å². The maximum Gasteiger partial charge on any atom is 0.179 e. The molecule has 1 N–H and O–H groups in total. The molecule has 0 saturated carbocycles. The Labute approximate surface area is 130 Å². The SMILES string of the molecule is CC(C)C1(O)CN(Cc2cc(Cl)c3c(c2)OCCCO3)C1. The van der Waals surface area contributed by atoms with Gasteiger partial charge in [0, 0.05) is 26.1 Å². The standard InChI is InChI=1S/C16H22ClNO3/c1-11(2)16(19)9-18(10-16)8-12-6-13(17)15-14(7-12)20-4-3-5-21-15/h6-7,11,19H,3-5,8-10H2,1-2H3. The van der Waals surface area contributed by atoms with Crippen LogP contribution in [0.1, 0.15) is 25.8 Å². The van der Waals surface area contributed by atoms with Crippen LogP contribution in [0, 0.1) is 5.92 Å². The lowest BCUT2D eigenvalue weighted by molar-refractivity contribution is -0.130. The van der Waals surface area contributed by atoms with Gasteiger partial charge in [-0.25, -0.2) is 0 Å². The van der Waals surface area contributed by atoms with Gasteiger partial charge in [-0.05, 0) is 23.6 Å². The second-order valence-corrected chi connectivity index (χ2v) is 6.77. The van der Waals surface area contributed by atoms with Crippen LogP contribution in [0.2, 0.25) is 5.02 Å². The summed E-state index contributed by atoms with van der Waals surface area (Å²) in [5.74, 6) is 1.66. The molecular formula is C16H22ClNO3. The number of β-amino-alcohol motifs (C(OH)–C–C–N with tert-alkyl or cyclic N) is 1. The van der Waals surface area contributed by atoms with E-state index in [0.717, 1.165) is 24.3 Å². The molecule has 0 unspecified atom stereocenters. The predicted octanol–water partition coefficient (Wildman–Crippen LogP) is 2.70. The summed E-state index contributed by atoms with van der Waals surface area (Å²) in [5, 5.41) is 10.9. The van der Waals surface area contributed by atoms with Gasteiger partial charge in [0.05, 0.1) is 23.8 Å². The molecule has 5 heteroatoms. The number of ether oxygens (including phenoxy) is 2. The smallest absolute Gasteiger partial charge is 0.179 e. The van der Waals surface area contributed by atoms with Gasteiger partial charge in [0.15, 0.2) is 11.5 Å². The number of benzene rings is 1. The minimum Gasteiger partial charge on any atom is -0.489 e. The molecule has 0 radical (unpaired) electrons. The predicted molar refractivity (Wildman–Crippen MR) is 82.1 cm³/mol. The van der Waals surface area contributed by atoms with Crippen molar-refractivity contribution in [1.29, 1.82) is 0 Å². The first-order chi connectivity index (χ1) is 9.98. The third kappa shape index (κ3) is 2.98. The van der Waals surface area contributed by atoms with Crippen molar-refractivity contribution >= 4 is 11.6 Å². The summed E-state index contributed by atoms with van der Waals surface area (Å²) in [6.07, 6.45) is 0.869. The van der Waals surface area contributed by atoms with Gasteiger partial charge in [0.25, 0.3) is 0 Å². The van der Waals surface area contributed by atoms with Gasteiger partial charge in [0.1, 0.15) is 0 Å². The second kappa shape index (κ2) is 5.67. The lowest BCUT2D eigenvalue weighted by atomic mass is 9.83. The molecule has 0 amide bonds. The molecule has 21 heavy (non-hydrogen) atoms. The molecule has 0 aliphatic carbocycles. The van der Waals surface area contributed by atoms with E-state index in [1.807, 2.05) is 12.1 Å². The van der Waals surface area contributed by atoms with Crippen LogP contribution >= 0.6 is 11.6 Å². The number of nitrogens with zero attached hydrogens (tertiary/aromatic N) is 1. The van der Waals surface area contributed by atoms with E-state index < -0.39 is 5.60 Å². The van der Waals surface area contributed by atoms with Gasteiger partial charge < -0.3 is 14.6 Å². The summed E-state index contributed by atoms with van der Waals surface area (Å²) in [4.78, 5) is 2.22. The number of likely N-dealkylation sites (tertiary alicyclic amines) is 1. The molecule has 1 aromatic rings. The number of aliphatic hydroxyl groups is 1. The lowest BCUT2D eigenvalue weighted by Gasteiger charge is -2.49. The Balaban J connectivity index is 1.70. The number of hydrogen-bond donors (Lipinski definition) is 1. The van der Waals surface area contributed by atoms with Gasteiger partial charge in [0.2, 0.25) is 0 Å². The molecule has 4 nitrogen and oxygen atoms in total. The first kappa shape index (κ1) is 14.9. The normalized spacial score (nSPS) is 21.0. The first-order valence-electron chi connectivity index (χ1n) is 7.51. The van der Waals surface area contributed by atoms with E-state index in [-0.39, 0.29) is 5.92 Å². The Morgan fingerprint density at radius 3 is 2.71 bits per heavy atom. The summed E-state index contributed by atoms with van der Waals surface area (Å²) in [7, 11) is 0. The quantitative estimate of drug-likeness (QED) is 0.932. The molecule has 0 atom stereocenters. The van der Waals surface area contributed by atoms with E-state index >= 15 is 0 Å². The molecule has 2 aliphatic heterocycles. The van der Waals surface area contributed by atoms with Crippen LogP contribution in [0.15, 0.2) is 12.1 Å². The largest absolute Gasteiger partial charge is 0.489 e. The van der Waals surface area contributed by atoms with E-state index in [1.165, 1.54) is 0 Å². The van der Waals surface area contributed by atoms with Crippen molar-refractivity contribution in [2.24, 2.45) is 5.92 Å². The summed E-state index contributed by atoms with van der Waals surface area (Å²) in [5.41, 5.74) is 0.546. The fraction of sp³-hybridized carbons (Fsp3) is 0.625. The summed E-state index contributed by atoms with van der Waals surface area (Å²) >= 11 is 6.30. The van der Waals surface area contributed by atoms with E-state index in [4.69, 9.17) is 21.1 Å². The van der Waals surface area contributed by atoms with Crippen molar-refractivity contribution in [1.82, 2.24) is 4.90 Å². The molecule has 1 aromatic carbocycles. The average Bonchev–Trinajstić information content (AvgIpc) is 2.62. The zero-order valence-electron chi connectivity index (χ0n) is 12.6. The van der Waals surface area contributed by atoms with Crippen molar-refractivity contribution in [2.45, 2.75) is 32.4 Å². The maximum absolute atomic E-state index is 10.3. The molecule has 116 valence electrons. The minimum atomic E-state index is -0.547. The highest BCUT2D eigenvalue weighted by Gasteiger charge is 2.43. The van der Waals surface area contributed by atoms with Crippen LogP contribution in [-0.4, -0.2) is 41.9 Å². The lowest BCUT2D eigenvalue weighted by Crippen LogP contribution is -2.63. The van der Waals surface area contributed by atoms with Crippen molar-refractivity contribution < 1.29 is 14.6 Å².